The highest BCUT2D eigenvalue weighted by Crippen LogP contribution is 2.31. The molecule has 2 aromatic heterocycles. The summed E-state index contributed by atoms with van der Waals surface area (Å²) in [7, 11) is 0. The molecular weight excluding hydrogens is 310 g/mol. The predicted octanol–water partition coefficient (Wildman–Crippen LogP) is 2.29. The number of hydrogen-bond donors (Lipinski definition) is 2. The van der Waals surface area contributed by atoms with Crippen molar-refractivity contribution in [2.24, 2.45) is 0 Å². The lowest BCUT2D eigenvalue weighted by molar-refractivity contribution is 0.0928. The Bertz CT molecular complexity index is 641. The molecule has 1 aliphatic rings. The van der Waals surface area contributed by atoms with Gasteiger partial charge in [0.2, 0.25) is 0 Å². The summed E-state index contributed by atoms with van der Waals surface area (Å²) in [4.78, 5) is 24.6. The molecule has 1 fully saturated rings. The number of hydrogen-bond acceptors (Lipinski definition) is 6. The fourth-order valence-electron chi connectivity index (χ4n) is 2.63. The number of pyridine rings is 1. The van der Waals surface area contributed by atoms with Crippen molar-refractivity contribution in [2.75, 3.05) is 5.73 Å². The van der Waals surface area contributed by atoms with Gasteiger partial charge in [0.05, 0.1) is 5.56 Å². The second-order valence-electron chi connectivity index (χ2n) is 5.57. The van der Waals surface area contributed by atoms with Crippen molar-refractivity contribution in [2.45, 2.75) is 42.1 Å². The Morgan fingerprint density at radius 2 is 1.87 bits per heavy atom. The monoisotopic (exact) mass is 329 g/mol. The number of carbonyl (C=O) groups excluding carboxylic acids is 1. The maximum absolute atomic E-state index is 12.2. The lowest BCUT2D eigenvalue weighted by Crippen LogP contribution is -2.38. The SMILES string of the molecule is Nc1ccc(C(=O)NC2CCC(Sc3ncccn3)CC2)cn1. The van der Waals surface area contributed by atoms with E-state index in [2.05, 4.69) is 20.3 Å². The number of nitrogen functional groups attached to an aromatic ring is 1. The molecule has 23 heavy (non-hydrogen) atoms. The van der Waals surface area contributed by atoms with E-state index < -0.39 is 0 Å². The number of nitrogens with one attached hydrogen (secondary N) is 1. The van der Waals surface area contributed by atoms with Crippen LogP contribution in [0, 0.1) is 0 Å². The van der Waals surface area contributed by atoms with Gasteiger partial charge < -0.3 is 11.1 Å². The van der Waals surface area contributed by atoms with Crippen molar-refractivity contribution in [1.29, 1.82) is 0 Å². The summed E-state index contributed by atoms with van der Waals surface area (Å²) in [6.07, 6.45) is 9.08. The number of amides is 1. The minimum Gasteiger partial charge on any atom is -0.384 e. The summed E-state index contributed by atoms with van der Waals surface area (Å²) in [5, 5.41) is 4.42. The molecule has 0 aromatic carbocycles. The normalized spacial score (nSPS) is 20.9. The fraction of sp³-hybridized carbons (Fsp3) is 0.375. The zero-order valence-corrected chi connectivity index (χ0v) is 13.5. The van der Waals surface area contributed by atoms with Crippen LogP contribution in [0.15, 0.2) is 41.9 Å². The standard InChI is InChI=1S/C16H19N5OS/c17-14-7-2-11(10-20-14)15(22)21-12-3-5-13(6-4-12)23-16-18-8-1-9-19-16/h1-2,7-10,12-13H,3-6H2,(H2,17,20)(H,21,22). The zero-order valence-electron chi connectivity index (χ0n) is 12.7. The van der Waals surface area contributed by atoms with E-state index in [1.165, 1.54) is 6.20 Å². The molecule has 0 atom stereocenters. The molecule has 7 heteroatoms. The van der Waals surface area contributed by atoms with Crippen LogP contribution in [0.3, 0.4) is 0 Å². The van der Waals surface area contributed by atoms with Gasteiger partial charge in [0, 0.05) is 29.9 Å². The molecule has 2 heterocycles. The first-order valence-corrected chi connectivity index (χ1v) is 8.55. The maximum Gasteiger partial charge on any atom is 0.253 e. The Balaban J connectivity index is 1.47. The summed E-state index contributed by atoms with van der Waals surface area (Å²) in [5.41, 5.74) is 6.08. The Labute approximate surface area is 139 Å². The van der Waals surface area contributed by atoms with Crippen molar-refractivity contribution < 1.29 is 4.79 Å². The van der Waals surface area contributed by atoms with Gasteiger partial charge in [0.25, 0.3) is 5.91 Å². The first-order valence-electron chi connectivity index (χ1n) is 7.67. The maximum atomic E-state index is 12.2. The van der Waals surface area contributed by atoms with Gasteiger partial charge in [-0.1, -0.05) is 11.8 Å². The molecule has 3 rings (SSSR count). The molecule has 2 aromatic rings. The molecule has 0 radical (unpaired) electrons. The highest BCUT2D eigenvalue weighted by atomic mass is 32.2. The van der Waals surface area contributed by atoms with E-state index >= 15 is 0 Å². The van der Waals surface area contributed by atoms with Gasteiger partial charge in [-0.3, -0.25) is 4.79 Å². The first-order chi connectivity index (χ1) is 11.2. The molecule has 0 bridgehead atoms. The lowest BCUT2D eigenvalue weighted by Gasteiger charge is -2.28. The predicted molar refractivity (Wildman–Crippen MR) is 90.0 cm³/mol. The van der Waals surface area contributed by atoms with Crippen molar-refractivity contribution in [1.82, 2.24) is 20.3 Å². The quantitative estimate of drug-likeness (QED) is 0.836. The highest BCUT2D eigenvalue weighted by Gasteiger charge is 2.24. The van der Waals surface area contributed by atoms with E-state index in [0.717, 1.165) is 30.8 Å². The Morgan fingerprint density at radius 3 is 2.52 bits per heavy atom. The minimum absolute atomic E-state index is 0.0833. The average Bonchev–Trinajstić information content (AvgIpc) is 2.58. The van der Waals surface area contributed by atoms with Crippen molar-refractivity contribution in [3.63, 3.8) is 0 Å². The molecule has 6 nitrogen and oxygen atoms in total. The van der Waals surface area contributed by atoms with Crippen LogP contribution < -0.4 is 11.1 Å². The number of nitrogens with two attached hydrogens (primary N) is 1. The van der Waals surface area contributed by atoms with Crippen LogP contribution in [0.4, 0.5) is 5.82 Å². The van der Waals surface area contributed by atoms with Gasteiger partial charge in [0.15, 0.2) is 5.16 Å². The second-order valence-corrected chi connectivity index (χ2v) is 6.84. The number of nitrogens with zero attached hydrogens (tertiary/aromatic N) is 3. The molecule has 0 saturated heterocycles. The smallest absolute Gasteiger partial charge is 0.253 e. The van der Waals surface area contributed by atoms with Crippen LogP contribution in [-0.4, -0.2) is 32.2 Å². The van der Waals surface area contributed by atoms with Gasteiger partial charge in [-0.25, -0.2) is 15.0 Å². The first kappa shape index (κ1) is 15.7. The van der Waals surface area contributed by atoms with E-state index in [0.29, 0.717) is 16.6 Å². The van der Waals surface area contributed by atoms with Crippen LogP contribution in [0.25, 0.3) is 0 Å². The van der Waals surface area contributed by atoms with Gasteiger partial charge in [-0.15, -0.1) is 0 Å². The van der Waals surface area contributed by atoms with Crippen LogP contribution in [0.1, 0.15) is 36.0 Å². The largest absolute Gasteiger partial charge is 0.384 e. The number of thioether (sulfide) groups is 1. The molecule has 0 spiro atoms. The summed E-state index contributed by atoms with van der Waals surface area (Å²) >= 11 is 1.72. The third kappa shape index (κ3) is 4.41. The molecule has 0 unspecified atom stereocenters. The van der Waals surface area contributed by atoms with Gasteiger partial charge in [-0.2, -0.15) is 0 Å². The topological polar surface area (TPSA) is 93.8 Å². The third-order valence-electron chi connectivity index (χ3n) is 3.87. The zero-order chi connectivity index (χ0) is 16.1. The second kappa shape index (κ2) is 7.41. The van der Waals surface area contributed by atoms with Crippen LogP contribution in [0.5, 0.6) is 0 Å². The number of carbonyl (C=O) groups is 1. The summed E-state index contributed by atoms with van der Waals surface area (Å²) in [5.74, 6) is 0.335. The minimum atomic E-state index is -0.0833. The molecule has 1 aliphatic carbocycles. The molecule has 0 aliphatic heterocycles. The van der Waals surface area contributed by atoms with Crippen LogP contribution >= 0.6 is 11.8 Å². The van der Waals surface area contributed by atoms with Gasteiger partial charge in [0.1, 0.15) is 5.82 Å². The molecule has 1 amide bonds. The fourth-order valence-corrected chi connectivity index (χ4v) is 3.68. The van der Waals surface area contributed by atoms with E-state index in [4.69, 9.17) is 5.73 Å². The summed E-state index contributed by atoms with van der Waals surface area (Å²) < 4.78 is 0. The Hall–Kier alpha value is -2.15. The van der Waals surface area contributed by atoms with Crippen LogP contribution in [0.2, 0.25) is 0 Å². The van der Waals surface area contributed by atoms with E-state index in [9.17, 15) is 4.79 Å². The van der Waals surface area contributed by atoms with Gasteiger partial charge >= 0.3 is 0 Å². The lowest BCUT2D eigenvalue weighted by atomic mass is 9.95. The number of anilines is 1. The average molecular weight is 329 g/mol. The molecular formula is C16H19N5OS. The Kier molecular flexibility index (Phi) is 5.07. The third-order valence-corrected chi connectivity index (χ3v) is 5.10. The highest BCUT2D eigenvalue weighted by molar-refractivity contribution is 7.99. The van der Waals surface area contributed by atoms with Crippen molar-refractivity contribution >= 4 is 23.5 Å². The molecule has 120 valence electrons. The molecule has 3 N–H and O–H groups in total. The van der Waals surface area contributed by atoms with E-state index in [1.807, 2.05) is 6.07 Å². The number of aromatic nitrogens is 3. The van der Waals surface area contributed by atoms with Crippen molar-refractivity contribution in [3.05, 3.63) is 42.4 Å². The van der Waals surface area contributed by atoms with E-state index in [-0.39, 0.29) is 11.9 Å². The van der Waals surface area contributed by atoms with Crippen LogP contribution in [-0.2, 0) is 0 Å². The Morgan fingerprint density at radius 1 is 1.13 bits per heavy atom. The summed E-state index contributed by atoms with van der Waals surface area (Å²) in [6.45, 7) is 0. The summed E-state index contributed by atoms with van der Waals surface area (Å²) in [6, 6.07) is 5.38. The molecule has 1 saturated carbocycles. The number of rotatable bonds is 4. The van der Waals surface area contributed by atoms with Gasteiger partial charge in [-0.05, 0) is 43.9 Å². The van der Waals surface area contributed by atoms with Crippen molar-refractivity contribution in [3.8, 4) is 0 Å². The van der Waals surface area contributed by atoms with E-state index in [1.54, 1.807) is 36.3 Å².